The Balaban J connectivity index is 1.47. The minimum Gasteiger partial charge on any atom is -0.371 e. The third-order valence-corrected chi connectivity index (χ3v) is 5.52. The van der Waals surface area contributed by atoms with Crippen molar-refractivity contribution in [2.45, 2.75) is 89.6 Å². The van der Waals surface area contributed by atoms with Gasteiger partial charge in [0.05, 0.1) is 24.4 Å². The van der Waals surface area contributed by atoms with Crippen molar-refractivity contribution in [3.63, 3.8) is 0 Å². The third kappa shape index (κ3) is 4.11. The first-order valence-corrected chi connectivity index (χ1v) is 8.93. The molecule has 0 atom stereocenters. The molecule has 0 aliphatic heterocycles. The molecule has 2 aliphatic carbocycles. The molecule has 2 aliphatic rings. The standard InChI is InChI=1S/C20H30O2/c1-19(11-3-4-12-19)21-15-17-7-9-18(10-8-17)16-22-20(2)13-5-6-14-20/h7-10H,3-6,11-16H2,1-2H3. The van der Waals surface area contributed by atoms with Gasteiger partial charge in [0.1, 0.15) is 0 Å². The Morgan fingerprint density at radius 3 is 1.32 bits per heavy atom. The van der Waals surface area contributed by atoms with E-state index < -0.39 is 0 Å². The smallest absolute Gasteiger partial charge is 0.0724 e. The first kappa shape index (κ1) is 16.0. The summed E-state index contributed by atoms with van der Waals surface area (Å²) < 4.78 is 12.3. The lowest BCUT2D eigenvalue weighted by molar-refractivity contribution is -0.0390. The molecule has 22 heavy (non-hydrogen) atoms. The summed E-state index contributed by atoms with van der Waals surface area (Å²) in [5.41, 5.74) is 2.76. The van der Waals surface area contributed by atoms with Crippen LogP contribution in [0.5, 0.6) is 0 Å². The van der Waals surface area contributed by atoms with Gasteiger partial charge in [0, 0.05) is 0 Å². The largest absolute Gasteiger partial charge is 0.371 e. The molecule has 0 spiro atoms. The molecule has 0 bridgehead atoms. The van der Waals surface area contributed by atoms with Gasteiger partial charge in [0.15, 0.2) is 0 Å². The number of hydrogen-bond donors (Lipinski definition) is 0. The van der Waals surface area contributed by atoms with Gasteiger partial charge in [-0.05, 0) is 50.7 Å². The highest BCUT2D eigenvalue weighted by atomic mass is 16.5. The van der Waals surface area contributed by atoms with Crippen molar-refractivity contribution in [3.8, 4) is 0 Å². The Morgan fingerprint density at radius 2 is 1.00 bits per heavy atom. The predicted octanol–water partition coefficient (Wildman–Crippen LogP) is 5.39. The van der Waals surface area contributed by atoms with E-state index in [0.717, 1.165) is 13.2 Å². The molecule has 2 nitrogen and oxygen atoms in total. The van der Waals surface area contributed by atoms with Crippen LogP contribution in [0.3, 0.4) is 0 Å². The minimum atomic E-state index is 0.110. The summed E-state index contributed by atoms with van der Waals surface area (Å²) in [5, 5.41) is 0. The van der Waals surface area contributed by atoms with Gasteiger partial charge in [0.2, 0.25) is 0 Å². The molecule has 1 aromatic carbocycles. The molecule has 122 valence electrons. The summed E-state index contributed by atoms with van der Waals surface area (Å²) in [7, 11) is 0. The molecule has 0 radical (unpaired) electrons. The van der Waals surface area contributed by atoms with Gasteiger partial charge < -0.3 is 9.47 Å². The van der Waals surface area contributed by atoms with Gasteiger partial charge in [-0.3, -0.25) is 0 Å². The van der Waals surface area contributed by atoms with Gasteiger partial charge in [-0.15, -0.1) is 0 Å². The topological polar surface area (TPSA) is 18.5 Å². The molecule has 1 aromatic rings. The summed E-state index contributed by atoms with van der Waals surface area (Å²) in [6, 6.07) is 8.75. The summed E-state index contributed by atoms with van der Waals surface area (Å²) in [5.74, 6) is 0. The van der Waals surface area contributed by atoms with Crippen LogP contribution in [0.1, 0.15) is 76.3 Å². The Labute approximate surface area is 135 Å². The third-order valence-electron chi connectivity index (χ3n) is 5.52. The van der Waals surface area contributed by atoms with Crippen LogP contribution in [0, 0.1) is 0 Å². The van der Waals surface area contributed by atoms with Crippen molar-refractivity contribution in [1.82, 2.24) is 0 Å². The predicted molar refractivity (Wildman–Crippen MR) is 89.8 cm³/mol. The lowest BCUT2D eigenvalue weighted by Crippen LogP contribution is -2.24. The van der Waals surface area contributed by atoms with E-state index in [1.165, 1.54) is 62.5 Å². The molecule has 0 amide bonds. The summed E-state index contributed by atoms with van der Waals surface area (Å²) >= 11 is 0. The maximum atomic E-state index is 6.14. The maximum absolute atomic E-state index is 6.14. The molecule has 0 saturated heterocycles. The first-order chi connectivity index (χ1) is 10.6. The van der Waals surface area contributed by atoms with E-state index in [2.05, 4.69) is 38.1 Å². The normalized spacial score (nSPS) is 23.0. The average molecular weight is 302 g/mol. The molecule has 2 saturated carbocycles. The van der Waals surface area contributed by atoms with Gasteiger partial charge in [0.25, 0.3) is 0 Å². The van der Waals surface area contributed by atoms with Crippen molar-refractivity contribution in [2.75, 3.05) is 0 Å². The second-order valence-electron chi connectivity index (χ2n) is 7.71. The van der Waals surface area contributed by atoms with Crippen molar-refractivity contribution in [3.05, 3.63) is 35.4 Å². The van der Waals surface area contributed by atoms with Crippen molar-refractivity contribution in [1.29, 1.82) is 0 Å². The number of rotatable bonds is 6. The molecule has 3 rings (SSSR count). The Morgan fingerprint density at radius 1 is 0.682 bits per heavy atom. The maximum Gasteiger partial charge on any atom is 0.0724 e. The molecule has 0 N–H and O–H groups in total. The van der Waals surface area contributed by atoms with Crippen LogP contribution < -0.4 is 0 Å². The molecular formula is C20H30O2. The van der Waals surface area contributed by atoms with Crippen molar-refractivity contribution in [2.24, 2.45) is 0 Å². The zero-order valence-electron chi connectivity index (χ0n) is 14.2. The first-order valence-electron chi connectivity index (χ1n) is 8.93. The minimum absolute atomic E-state index is 0.110. The summed E-state index contributed by atoms with van der Waals surface area (Å²) in [4.78, 5) is 0. The Hall–Kier alpha value is -0.860. The van der Waals surface area contributed by atoms with Gasteiger partial charge in [-0.25, -0.2) is 0 Å². The fourth-order valence-corrected chi connectivity index (χ4v) is 3.78. The summed E-state index contributed by atoms with van der Waals surface area (Å²) in [6.45, 7) is 5.97. The molecule has 0 aromatic heterocycles. The van der Waals surface area contributed by atoms with Gasteiger partial charge >= 0.3 is 0 Å². The van der Waals surface area contributed by atoms with E-state index in [-0.39, 0.29) is 11.2 Å². The monoisotopic (exact) mass is 302 g/mol. The Bertz CT molecular complexity index is 420. The summed E-state index contributed by atoms with van der Waals surface area (Å²) in [6.07, 6.45) is 10.1. The van der Waals surface area contributed by atoms with E-state index >= 15 is 0 Å². The van der Waals surface area contributed by atoms with E-state index in [9.17, 15) is 0 Å². The second kappa shape index (κ2) is 6.72. The SMILES string of the molecule is CC1(OCc2ccc(COC3(C)CCCC3)cc2)CCCC1. The van der Waals surface area contributed by atoms with Crippen LogP contribution in [-0.4, -0.2) is 11.2 Å². The number of benzene rings is 1. The second-order valence-corrected chi connectivity index (χ2v) is 7.71. The van der Waals surface area contributed by atoms with Crippen LogP contribution >= 0.6 is 0 Å². The number of hydrogen-bond acceptors (Lipinski definition) is 2. The van der Waals surface area contributed by atoms with E-state index in [4.69, 9.17) is 9.47 Å². The molecule has 2 heteroatoms. The van der Waals surface area contributed by atoms with Crippen LogP contribution in [0.4, 0.5) is 0 Å². The highest BCUT2D eigenvalue weighted by molar-refractivity contribution is 5.21. The van der Waals surface area contributed by atoms with E-state index in [0.29, 0.717) is 0 Å². The van der Waals surface area contributed by atoms with E-state index in [1.807, 2.05) is 0 Å². The van der Waals surface area contributed by atoms with Crippen LogP contribution in [0.15, 0.2) is 24.3 Å². The highest BCUT2D eigenvalue weighted by Gasteiger charge is 2.30. The Kier molecular flexibility index (Phi) is 4.89. The lowest BCUT2D eigenvalue weighted by atomic mass is 10.1. The lowest BCUT2D eigenvalue weighted by Gasteiger charge is -2.25. The average Bonchev–Trinajstić information content (AvgIpc) is 3.14. The molecule has 0 heterocycles. The van der Waals surface area contributed by atoms with Crippen LogP contribution in [-0.2, 0) is 22.7 Å². The fourth-order valence-electron chi connectivity index (χ4n) is 3.78. The van der Waals surface area contributed by atoms with E-state index in [1.54, 1.807) is 0 Å². The van der Waals surface area contributed by atoms with Gasteiger partial charge in [-0.2, -0.15) is 0 Å². The quantitative estimate of drug-likeness (QED) is 0.702. The zero-order chi connectivity index (χ0) is 15.5. The van der Waals surface area contributed by atoms with Crippen molar-refractivity contribution >= 4 is 0 Å². The molecule has 0 unspecified atom stereocenters. The van der Waals surface area contributed by atoms with Crippen LogP contribution in [0.25, 0.3) is 0 Å². The molecular weight excluding hydrogens is 272 g/mol. The molecule has 2 fully saturated rings. The van der Waals surface area contributed by atoms with Crippen molar-refractivity contribution < 1.29 is 9.47 Å². The zero-order valence-corrected chi connectivity index (χ0v) is 14.2. The fraction of sp³-hybridized carbons (Fsp3) is 0.700. The van der Waals surface area contributed by atoms with Gasteiger partial charge in [-0.1, -0.05) is 49.9 Å². The highest BCUT2D eigenvalue weighted by Crippen LogP contribution is 2.34. The van der Waals surface area contributed by atoms with Crippen LogP contribution in [0.2, 0.25) is 0 Å². The number of ether oxygens (including phenoxy) is 2.